The van der Waals surface area contributed by atoms with Crippen LogP contribution in [0.3, 0.4) is 0 Å². The summed E-state index contributed by atoms with van der Waals surface area (Å²) in [6, 6.07) is 0.729. The Hall–Kier alpha value is -1.01. The molecule has 0 aliphatic carbocycles. The van der Waals surface area contributed by atoms with Gasteiger partial charge in [0.05, 0.1) is 13.8 Å². The van der Waals surface area contributed by atoms with Crippen molar-refractivity contribution in [1.82, 2.24) is 0 Å². The molecule has 0 saturated carbocycles. The highest BCUT2D eigenvalue weighted by atomic mass is 35.5. The number of nitrogens with one attached hydrogen (secondary N) is 1. The number of carbonyl (C=O) groups is 1. The molecule has 0 aliphatic rings. The van der Waals surface area contributed by atoms with Crippen LogP contribution < -0.4 is 5.32 Å². The maximum Gasteiger partial charge on any atom is 0.196 e. The lowest BCUT2D eigenvalue weighted by molar-refractivity contribution is 0.101. The number of rotatable bonds is 4. The molecule has 1 aromatic carbocycles. The van der Waals surface area contributed by atoms with Gasteiger partial charge in [-0.1, -0.05) is 19.6 Å². The summed E-state index contributed by atoms with van der Waals surface area (Å²) in [6.45, 7) is 7.29. The lowest BCUT2D eigenvalue weighted by Crippen LogP contribution is -2.32. The first kappa shape index (κ1) is 18.0. The quantitative estimate of drug-likeness (QED) is 0.517. The molecule has 0 atom stereocenters. The van der Waals surface area contributed by atoms with Crippen molar-refractivity contribution in [2.24, 2.45) is 0 Å². The first-order chi connectivity index (χ1) is 8.13. The van der Waals surface area contributed by atoms with Gasteiger partial charge in [0, 0.05) is 11.7 Å². The summed E-state index contributed by atoms with van der Waals surface area (Å²) in [5, 5.41) is 2.73. The van der Waals surface area contributed by atoms with Gasteiger partial charge >= 0.3 is 0 Å². The second kappa shape index (κ2) is 6.43. The van der Waals surface area contributed by atoms with E-state index in [0.29, 0.717) is 6.17 Å². The van der Waals surface area contributed by atoms with E-state index in [4.69, 9.17) is 0 Å². The van der Waals surface area contributed by atoms with Crippen molar-refractivity contribution >= 4 is 32.0 Å². The third-order valence-electron chi connectivity index (χ3n) is 2.34. The predicted octanol–water partition coefficient (Wildman–Crippen LogP) is 4.02. The highest BCUT2D eigenvalue weighted by Crippen LogP contribution is 2.26. The number of anilines is 1. The van der Waals surface area contributed by atoms with Crippen molar-refractivity contribution in [1.29, 1.82) is 0 Å². The van der Waals surface area contributed by atoms with Gasteiger partial charge in [0.15, 0.2) is 23.2 Å². The first-order valence-corrected chi connectivity index (χ1v) is 9.26. The second-order valence-corrected chi connectivity index (χ2v) is 10.9. The molecule has 1 N–H and O–H groups in total. The van der Waals surface area contributed by atoms with Gasteiger partial charge in [0.2, 0.25) is 0 Å². The minimum Gasteiger partial charge on any atom is -0.385 e. The molecular formula is C12H17ClF3NOSi. The van der Waals surface area contributed by atoms with E-state index in [0.717, 1.165) is 6.07 Å². The highest BCUT2D eigenvalue weighted by molar-refractivity contribution is 6.76. The number of halogens is 4. The van der Waals surface area contributed by atoms with Gasteiger partial charge in [-0.05, 0) is 13.0 Å². The minimum absolute atomic E-state index is 0. The Morgan fingerprint density at radius 3 is 2.16 bits per heavy atom. The number of hydrogen-bond acceptors (Lipinski definition) is 2. The summed E-state index contributed by atoms with van der Waals surface area (Å²) in [4.78, 5) is 11.3. The van der Waals surface area contributed by atoms with Crippen LogP contribution in [0.1, 0.15) is 17.3 Å². The number of hydrogen-bond donors (Lipinski definition) is 1. The van der Waals surface area contributed by atoms with Crippen LogP contribution in [-0.2, 0) is 0 Å². The zero-order chi connectivity index (χ0) is 14.1. The van der Waals surface area contributed by atoms with Crippen LogP contribution >= 0.6 is 12.4 Å². The van der Waals surface area contributed by atoms with E-state index in [1.807, 2.05) is 19.6 Å². The SMILES string of the molecule is CC(=O)c1cc(F)c(F)c(F)c1NC[Si](C)(C)C.Cl. The summed E-state index contributed by atoms with van der Waals surface area (Å²) in [5.74, 6) is -4.75. The molecular weight excluding hydrogens is 295 g/mol. The summed E-state index contributed by atoms with van der Waals surface area (Å²) >= 11 is 0. The zero-order valence-electron chi connectivity index (χ0n) is 11.2. The Morgan fingerprint density at radius 1 is 1.21 bits per heavy atom. The Kier molecular flexibility index (Phi) is 6.09. The normalized spacial score (nSPS) is 10.9. The topological polar surface area (TPSA) is 29.1 Å². The van der Waals surface area contributed by atoms with Crippen molar-refractivity contribution < 1.29 is 18.0 Å². The van der Waals surface area contributed by atoms with Crippen LogP contribution in [0.2, 0.25) is 19.6 Å². The molecule has 0 fully saturated rings. The molecule has 0 aromatic heterocycles. The van der Waals surface area contributed by atoms with E-state index in [1.165, 1.54) is 6.92 Å². The van der Waals surface area contributed by atoms with Gasteiger partial charge in [-0.3, -0.25) is 4.79 Å². The van der Waals surface area contributed by atoms with Crippen molar-refractivity contribution in [3.63, 3.8) is 0 Å². The van der Waals surface area contributed by atoms with Crippen LogP contribution in [0.15, 0.2) is 6.07 Å². The molecule has 0 aliphatic heterocycles. The van der Waals surface area contributed by atoms with Crippen molar-refractivity contribution in [2.75, 3.05) is 11.5 Å². The molecule has 0 spiro atoms. The van der Waals surface area contributed by atoms with Crippen LogP contribution in [0.5, 0.6) is 0 Å². The lowest BCUT2D eigenvalue weighted by Gasteiger charge is -2.19. The Balaban J connectivity index is 0.00000324. The number of ketones is 1. The van der Waals surface area contributed by atoms with Crippen molar-refractivity contribution in [3.05, 3.63) is 29.1 Å². The third-order valence-corrected chi connectivity index (χ3v) is 3.57. The van der Waals surface area contributed by atoms with Gasteiger partial charge in [0.1, 0.15) is 0 Å². The average molecular weight is 312 g/mol. The molecule has 0 bridgehead atoms. The summed E-state index contributed by atoms with van der Waals surface area (Å²) in [7, 11) is -1.56. The van der Waals surface area contributed by atoms with Crippen LogP contribution in [-0.4, -0.2) is 20.0 Å². The van der Waals surface area contributed by atoms with Crippen LogP contribution in [0.25, 0.3) is 0 Å². The predicted molar refractivity (Wildman–Crippen MR) is 75.4 cm³/mol. The van der Waals surface area contributed by atoms with E-state index in [9.17, 15) is 18.0 Å². The molecule has 0 amide bonds. The van der Waals surface area contributed by atoms with E-state index in [1.54, 1.807) is 0 Å². The highest BCUT2D eigenvalue weighted by Gasteiger charge is 2.22. The zero-order valence-corrected chi connectivity index (χ0v) is 13.1. The first-order valence-electron chi connectivity index (χ1n) is 5.56. The van der Waals surface area contributed by atoms with Gasteiger partial charge in [-0.2, -0.15) is 0 Å². The molecule has 2 nitrogen and oxygen atoms in total. The maximum absolute atomic E-state index is 13.6. The molecule has 0 radical (unpaired) electrons. The largest absolute Gasteiger partial charge is 0.385 e. The fraction of sp³-hybridized carbons (Fsp3) is 0.417. The van der Waals surface area contributed by atoms with E-state index in [2.05, 4.69) is 5.32 Å². The van der Waals surface area contributed by atoms with E-state index >= 15 is 0 Å². The Morgan fingerprint density at radius 2 is 1.74 bits per heavy atom. The fourth-order valence-electron chi connectivity index (χ4n) is 1.40. The Bertz CT molecular complexity index is 489. The molecule has 0 heterocycles. The monoisotopic (exact) mass is 311 g/mol. The average Bonchev–Trinajstić information content (AvgIpc) is 2.22. The van der Waals surface area contributed by atoms with Gasteiger partial charge in [0.25, 0.3) is 0 Å². The fourth-order valence-corrected chi connectivity index (χ4v) is 2.11. The van der Waals surface area contributed by atoms with Gasteiger partial charge in [-0.25, -0.2) is 13.2 Å². The molecule has 7 heteroatoms. The molecule has 1 aromatic rings. The molecule has 108 valence electrons. The van der Waals surface area contributed by atoms with Crippen LogP contribution in [0.4, 0.5) is 18.9 Å². The maximum atomic E-state index is 13.6. The van der Waals surface area contributed by atoms with Crippen molar-refractivity contribution in [2.45, 2.75) is 26.6 Å². The molecule has 19 heavy (non-hydrogen) atoms. The van der Waals surface area contributed by atoms with E-state index < -0.39 is 31.3 Å². The standard InChI is InChI=1S/C12H16F3NOSi.ClH/c1-7(17)8-5-9(13)10(14)11(15)12(8)16-6-18(2,3)4;/h5,16H,6H2,1-4H3;1H. The molecule has 0 unspecified atom stereocenters. The summed E-state index contributed by atoms with van der Waals surface area (Å²) in [6.07, 6.45) is 0.468. The molecule has 0 saturated heterocycles. The van der Waals surface area contributed by atoms with Gasteiger partial charge < -0.3 is 5.32 Å². The Labute approximate surface area is 117 Å². The van der Waals surface area contributed by atoms with Crippen molar-refractivity contribution in [3.8, 4) is 0 Å². The summed E-state index contributed by atoms with van der Waals surface area (Å²) in [5.41, 5.74) is -0.409. The lowest BCUT2D eigenvalue weighted by atomic mass is 10.1. The van der Waals surface area contributed by atoms with Gasteiger partial charge in [-0.15, -0.1) is 12.4 Å². The number of Topliss-reactive ketones (excluding diaryl/α,β-unsaturated/α-hetero) is 1. The number of benzene rings is 1. The minimum atomic E-state index is -1.56. The third kappa shape index (κ3) is 4.54. The number of carbonyl (C=O) groups excluding carboxylic acids is 1. The molecule has 1 rings (SSSR count). The smallest absolute Gasteiger partial charge is 0.196 e. The van der Waals surface area contributed by atoms with E-state index in [-0.39, 0.29) is 23.7 Å². The van der Waals surface area contributed by atoms with Crippen LogP contribution in [0, 0.1) is 17.5 Å². The summed E-state index contributed by atoms with van der Waals surface area (Å²) < 4.78 is 39.9. The second-order valence-electron chi connectivity index (χ2n) is 5.38.